The van der Waals surface area contributed by atoms with E-state index >= 15 is 0 Å². The Morgan fingerprint density at radius 1 is 1.18 bits per heavy atom. The molecule has 0 aromatic rings. The summed E-state index contributed by atoms with van der Waals surface area (Å²) < 4.78 is 4.85. The van der Waals surface area contributed by atoms with Crippen LogP contribution in [0.1, 0.15) is 0 Å². The Morgan fingerprint density at radius 2 is 2.00 bits per heavy atom. The Morgan fingerprint density at radius 3 is 2.73 bits per heavy atom. The van der Waals surface area contributed by atoms with Crippen LogP contribution in [-0.2, 0) is 14.3 Å². The highest BCUT2D eigenvalue weighted by Gasteiger charge is 2.31. The SMILES string of the molecule is O=C1C=CC2C=CC1C(=O)O2. The van der Waals surface area contributed by atoms with Crippen LogP contribution in [0, 0.1) is 5.92 Å². The molecule has 2 unspecified atom stereocenters. The molecule has 1 aliphatic carbocycles. The second-order valence-electron chi connectivity index (χ2n) is 2.53. The van der Waals surface area contributed by atoms with Gasteiger partial charge in [0.25, 0.3) is 0 Å². The molecule has 11 heavy (non-hydrogen) atoms. The minimum atomic E-state index is -0.690. The summed E-state index contributed by atoms with van der Waals surface area (Å²) in [7, 11) is 0. The minimum Gasteiger partial charge on any atom is -0.453 e. The highest BCUT2D eigenvalue weighted by Crippen LogP contribution is 2.19. The fourth-order valence-corrected chi connectivity index (χ4v) is 1.15. The zero-order valence-corrected chi connectivity index (χ0v) is 5.69. The molecular weight excluding hydrogens is 144 g/mol. The first-order valence-corrected chi connectivity index (χ1v) is 3.38. The number of hydrogen-bond acceptors (Lipinski definition) is 3. The maximum Gasteiger partial charge on any atom is 0.321 e. The predicted molar refractivity (Wildman–Crippen MR) is 36.7 cm³/mol. The molecule has 0 radical (unpaired) electrons. The van der Waals surface area contributed by atoms with Crippen molar-refractivity contribution in [1.29, 1.82) is 0 Å². The molecule has 56 valence electrons. The molecule has 3 rings (SSSR count). The first kappa shape index (κ1) is 6.34. The van der Waals surface area contributed by atoms with Crippen LogP contribution in [0.2, 0.25) is 0 Å². The first-order chi connectivity index (χ1) is 5.27. The third kappa shape index (κ3) is 0.888. The van der Waals surface area contributed by atoms with Crippen LogP contribution in [0.15, 0.2) is 24.3 Å². The van der Waals surface area contributed by atoms with E-state index in [2.05, 4.69) is 0 Å². The summed E-state index contributed by atoms with van der Waals surface area (Å²) in [6.45, 7) is 0. The summed E-state index contributed by atoms with van der Waals surface area (Å²) in [6, 6.07) is 0. The Labute approximate surface area is 63.3 Å². The minimum absolute atomic E-state index is 0.189. The number of esters is 1. The van der Waals surface area contributed by atoms with E-state index in [1.54, 1.807) is 18.2 Å². The molecule has 0 saturated carbocycles. The lowest BCUT2D eigenvalue weighted by Gasteiger charge is -2.15. The largest absolute Gasteiger partial charge is 0.453 e. The quantitative estimate of drug-likeness (QED) is 0.282. The van der Waals surface area contributed by atoms with Gasteiger partial charge < -0.3 is 4.74 Å². The van der Waals surface area contributed by atoms with Gasteiger partial charge in [0.05, 0.1) is 0 Å². The first-order valence-electron chi connectivity index (χ1n) is 3.38. The number of carbonyl (C=O) groups excluding carboxylic acids is 2. The van der Waals surface area contributed by atoms with Crippen molar-refractivity contribution in [3.05, 3.63) is 24.3 Å². The number of ether oxygens (including phenoxy) is 1. The number of rotatable bonds is 0. The van der Waals surface area contributed by atoms with E-state index in [4.69, 9.17) is 4.74 Å². The van der Waals surface area contributed by atoms with Crippen LogP contribution in [0.25, 0.3) is 0 Å². The van der Waals surface area contributed by atoms with Gasteiger partial charge in [-0.3, -0.25) is 9.59 Å². The van der Waals surface area contributed by atoms with E-state index in [1.165, 1.54) is 6.08 Å². The molecule has 0 saturated heterocycles. The number of ketones is 1. The third-order valence-corrected chi connectivity index (χ3v) is 1.76. The molecule has 3 heteroatoms. The molecule has 0 aromatic carbocycles. The molecule has 2 bridgehead atoms. The van der Waals surface area contributed by atoms with E-state index in [0.29, 0.717) is 0 Å². The van der Waals surface area contributed by atoms with Crippen molar-refractivity contribution in [2.45, 2.75) is 6.10 Å². The second kappa shape index (κ2) is 2.05. The van der Waals surface area contributed by atoms with Crippen molar-refractivity contribution in [2.75, 3.05) is 0 Å². The summed E-state index contributed by atoms with van der Waals surface area (Å²) in [6.07, 6.45) is 5.97. The number of hydrogen-bond donors (Lipinski definition) is 0. The van der Waals surface area contributed by atoms with Crippen LogP contribution >= 0.6 is 0 Å². The zero-order valence-electron chi connectivity index (χ0n) is 5.69. The van der Waals surface area contributed by atoms with Crippen LogP contribution in [0.5, 0.6) is 0 Å². The van der Waals surface area contributed by atoms with Crippen LogP contribution in [0.3, 0.4) is 0 Å². The Balaban J connectivity index is 2.46. The van der Waals surface area contributed by atoms with Gasteiger partial charge in [0.1, 0.15) is 12.0 Å². The topological polar surface area (TPSA) is 43.4 Å². The molecule has 0 fully saturated rings. The fourth-order valence-electron chi connectivity index (χ4n) is 1.15. The summed E-state index contributed by atoms with van der Waals surface area (Å²) in [5, 5.41) is 0. The van der Waals surface area contributed by atoms with Gasteiger partial charge in [-0.2, -0.15) is 0 Å². The van der Waals surface area contributed by atoms with Gasteiger partial charge in [0.2, 0.25) is 0 Å². The lowest BCUT2D eigenvalue weighted by molar-refractivity contribution is -0.150. The zero-order chi connectivity index (χ0) is 7.84. The highest BCUT2D eigenvalue weighted by atomic mass is 16.5. The van der Waals surface area contributed by atoms with Gasteiger partial charge in [-0.1, -0.05) is 6.08 Å². The van der Waals surface area contributed by atoms with Gasteiger partial charge in [-0.25, -0.2) is 0 Å². The fraction of sp³-hybridized carbons (Fsp3) is 0.250. The molecule has 3 aliphatic rings. The summed E-state index contributed by atoms with van der Waals surface area (Å²) >= 11 is 0. The highest BCUT2D eigenvalue weighted by molar-refractivity contribution is 6.08. The van der Waals surface area contributed by atoms with E-state index in [1.807, 2.05) is 0 Å². The molecule has 3 nitrogen and oxygen atoms in total. The molecule has 2 aliphatic heterocycles. The van der Waals surface area contributed by atoms with Gasteiger partial charge in [0, 0.05) is 0 Å². The lowest BCUT2D eigenvalue weighted by atomic mass is 10.0. The third-order valence-electron chi connectivity index (χ3n) is 1.76. The summed E-state index contributed by atoms with van der Waals surface area (Å²) in [4.78, 5) is 22.0. The molecule has 0 aromatic heterocycles. The van der Waals surface area contributed by atoms with Crippen molar-refractivity contribution in [1.82, 2.24) is 0 Å². The van der Waals surface area contributed by atoms with Crippen molar-refractivity contribution >= 4 is 11.8 Å². The Kier molecular flexibility index (Phi) is 1.18. The average Bonchev–Trinajstić information content (AvgIpc) is 2.21. The Bertz CT molecular complexity index is 275. The molecule has 0 spiro atoms. The summed E-state index contributed by atoms with van der Waals surface area (Å²) in [5.41, 5.74) is 0. The molecule has 0 N–H and O–H groups in total. The predicted octanol–water partition coefficient (Wildman–Crippen LogP) is 0.223. The molecular formula is C8H6O3. The molecule has 2 heterocycles. The molecule has 0 amide bonds. The van der Waals surface area contributed by atoms with Crippen LogP contribution in [-0.4, -0.2) is 17.9 Å². The maximum atomic E-state index is 11.0. The maximum absolute atomic E-state index is 11.0. The number of carbonyl (C=O) groups is 2. The van der Waals surface area contributed by atoms with Gasteiger partial charge >= 0.3 is 5.97 Å². The second-order valence-corrected chi connectivity index (χ2v) is 2.53. The molecule has 2 atom stereocenters. The van der Waals surface area contributed by atoms with Gasteiger partial charge in [-0.05, 0) is 18.2 Å². The van der Waals surface area contributed by atoms with Crippen molar-refractivity contribution in [2.24, 2.45) is 5.92 Å². The normalized spacial score (nSPS) is 33.8. The smallest absolute Gasteiger partial charge is 0.321 e. The standard InChI is InChI=1S/C8H6O3/c9-7-4-2-5-1-3-6(7)8(10)11-5/h1-6H. The van der Waals surface area contributed by atoms with Crippen molar-refractivity contribution in [3.8, 4) is 0 Å². The van der Waals surface area contributed by atoms with E-state index < -0.39 is 11.9 Å². The van der Waals surface area contributed by atoms with Gasteiger partial charge in [-0.15, -0.1) is 0 Å². The monoisotopic (exact) mass is 150 g/mol. The summed E-state index contributed by atoms with van der Waals surface area (Å²) in [5.74, 6) is -1.32. The van der Waals surface area contributed by atoms with E-state index in [9.17, 15) is 9.59 Å². The number of allylic oxidation sites excluding steroid dienone is 1. The van der Waals surface area contributed by atoms with Crippen molar-refractivity contribution < 1.29 is 14.3 Å². The van der Waals surface area contributed by atoms with E-state index in [-0.39, 0.29) is 11.9 Å². The number of fused-ring (bicyclic) bond motifs is 2. The Hall–Kier alpha value is -1.38. The lowest BCUT2D eigenvalue weighted by Crippen LogP contribution is -2.27. The average molecular weight is 150 g/mol. The van der Waals surface area contributed by atoms with Crippen molar-refractivity contribution in [3.63, 3.8) is 0 Å². The van der Waals surface area contributed by atoms with Crippen LogP contribution in [0.4, 0.5) is 0 Å². The van der Waals surface area contributed by atoms with Crippen LogP contribution < -0.4 is 0 Å². The van der Waals surface area contributed by atoms with Gasteiger partial charge in [0.15, 0.2) is 5.78 Å². The van der Waals surface area contributed by atoms with E-state index in [0.717, 1.165) is 0 Å².